The lowest BCUT2D eigenvalue weighted by molar-refractivity contribution is -0.163. The number of carbonyl (C=O) groups excluding carboxylic acids is 2. The van der Waals surface area contributed by atoms with Gasteiger partial charge < -0.3 is 14.2 Å². The maximum atomic E-state index is 12.6. The third kappa shape index (κ3) is 44.3. The van der Waals surface area contributed by atoms with E-state index >= 15 is 0 Å². The number of hydrogen-bond donors (Lipinski definition) is 0. The molecule has 56 heavy (non-hydrogen) atoms. The van der Waals surface area contributed by atoms with Gasteiger partial charge in [0.2, 0.25) is 0 Å². The number of allylic oxidation sites excluding steroid dienone is 10. The van der Waals surface area contributed by atoms with Crippen LogP contribution in [-0.4, -0.2) is 37.9 Å². The average Bonchev–Trinajstić information content (AvgIpc) is 3.20. The van der Waals surface area contributed by atoms with Crippen LogP contribution < -0.4 is 0 Å². The molecule has 0 bridgehead atoms. The summed E-state index contributed by atoms with van der Waals surface area (Å²) in [5.41, 5.74) is 0. The second-order valence-electron chi connectivity index (χ2n) is 15.6. The molecule has 0 aliphatic rings. The molecule has 0 amide bonds. The highest BCUT2D eigenvalue weighted by molar-refractivity contribution is 5.70. The average molecular weight is 783 g/mol. The van der Waals surface area contributed by atoms with Gasteiger partial charge in [-0.15, -0.1) is 0 Å². The smallest absolute Gasteiger partial charge is 0.306 e. The van der Waals surface area contributed by atoms with Crippen LogP contribution in [0.15, 0.2) is 60.8 Å². The van der Waals surface area contributed by atoms with Gasteiger partial charge in [-0.05, 0) is 83.5 Å². The summed E-state index contributed by atoms with van der Waals surface area (Å²) in [4.78, 5) is 25.2. The van der Waals surface area contributed by atoms with Crippen LogP contribution in [0.5, 0.6) is 0 Å². The molecule has 0 saturated carbocycles. The summed E-state index contributed by atoms with van der Waals surface area (Å²) < 4.78 is 17.3. The first kappa shape index (κ1) is 53.6. The van der Waals surface area contributed by atoms with E-state index in [1.54, 1.807) is 0 Å². The lowest BCUT2D eigenvalue weighted by atomic mass is 10.1. The molecule has 1 atom stereocenters. The minimum Gasteiger partial charge on any atom is -0.462 e. The number of rotatable bonds is 43. The first-order valence-electron chi connectivity index (χ1n) is 23.8. The van der Waals surface area contributed by atoms with Gasteiger partial charge in [-0.1, -0.05) is 191 Å². The molecule has 0 aromatic rings. The van der Waals surface area contributed by atoms with E-state index in [1.807, 2.05) is 0 Å². The molecule has 0 spiro atoms. The van der Waals surface area contributed by atoms with Crippen molar-refractivity contribution in [2.75, 3.05) is 19.8 Å². The van der Waals surface area contributed by atoms with Gasteiger partial charge in [0.25, 0.3) is 0 Å². The Hall–Kier alpha value is -2.40. The van der Waals surface area contributed by atoms with Crippen molar-refractivity contribution in [2.45, 2.75) is 232 Å². The van der Waals surface area contributed by atoms with E-state index in [-0.39, 0.29) is 25.2 Å². The van der Waals surface area contributed by atoms with Gasteiger partial charge in [0.05, 0.1) is 6.61 Å². The summed E-state index contributed by atoms with van der Waals surface area (Å²) >= 11 is 0. The Morgan fingerprint density at radius 1 is 0.411 bits per heavy atom. The molecule has 0 aliphatic heterocycles. The molecule has 0 aromatic carbocycles. The van der Waals surface area contributed by atoms with Crippen molar-refractivity contribution in [3.8, 4) is 0 Å². The van der Waals surface area contributed by atoms with E-state index < -0.39 is 6.10 Å². The van der Waals surface area contributed by atoms with Crippen LogP contribution in [0, 0.1) is 0 Å². The third-order valence-electron chi connectivity index (χ3n) is 10.0. The van der Waals surface area contributed by atoms with Gasteiger partial charge in [-0.3, -0.25) is 9.59 Å². The zero-order valence-corrected chi connectivity index (χ0v) is 37.1. The Morgan fingerprint density at radius 3 is 1.30 bits per heavy atom. The molecule has 0 saturated heterocycles. The van der Waals surface area contributed by atoms with Crippen LogP contribution >= 0.6 is 0 Å². The molecular formula is C51H90O5. The lowest BCUT2D eigenvalue weighted by Crippen LogP contribution is -2.30. The fraction of sp³-hybridized carbons (Fsp3) is 0.765. The van der Waals surface area contributed by atoms with E-state index in [2.05, 4.69) is 81.5 Å². The van der Waals surface area contributed by atoms with Crippen LogP contribution in [-0.2, 0) is 23.8 Å². The Labute approximate surface area is 347 Å². The zero-order chi connectivity index (χ0) is 40.7. The molecule has 324 valence electrons. The molecule has 0 aliphatic carbocycles. The Bertz CT molecular complexity index is 977. The molecule has 5 heteroatoms. The Morgan fingerprint density at radius 2 is 0.804 bits per heavy atom. The summed E-state index contributed by atoms with van der Waals surface area (Å²) in [6, 6.07) is 0. The molecule has 0 N–H and O–H groups in total. The topological polar surface area (TPSA) is 61.8 Å². The summed E-state index contributed by atoms with van der Waals surface area (Å²) in [5.74, 6) is -0.431. The quantitative estimate of drug-likeness (QED) is 0.0350. The van der Waals surface area contributed by atoms with Gasteiger partial charge in [-0.25, -0.2) is 0 Å². The number of esters is 2. The van der Waals surface area contributed by atoms with Gasteiger partial charge in [0, 0.05) is 19.4 Å². The first-order chi connectivity index (χ1) is 27.6. The van der Waals surface area contributed by atoms with Crippen LogP contribution in [0.1, 0.15) is 226 Å². The molecule has 0 radical (unpaired) electrons. The predicted molar refractivity (Wildman–Crippen MR) is 242 cm³/mol. The van der Waals surface area contributed by atoms with Crippen molar-refractivity contribution in [3.63, 3.8) is 0 Å². The molecule has 0 rings (SSSR count). The fourth-order valence-electron chi connectivity index (χ4n) is 6.49. The zero-order valence-electron chi connectivity index (χ0n) is 37.1. The molecule has 5 nitrogen and oxygen atoms in total. The van der Waals surface area contributed by atoms with Crippen LogP contribution in [0.25, 0.3) is 0 Å². The minimum atomic E-state index is -0.545. The van der Waals surface area contributed by atoms with Crippen LogP contribution in [0.3, 0.4) is 0 Å². The van der Waals surface area contributed by atoms with Crippen molar-refractivity contribution >= 4 is 11.9 Å². The highest BCUT2D eigenvalue weighted by Gasteiger charge is 2.17. The molecular weight excluding hydrogens is 693 g/mol. The summed E-state index contributed by atoms with van der Waals surface area (Å²) in [6.07, 6.45) is 58.0. The highest BCUT2D eigenvalue weighted by Crippen LogP contribution is 2.13. The van der Waals surface area contributed by atoms with Crippen molar-refractivity contribution in [1.29, 1.82) is 0 Å². The number of carbonyl (C=O) groups is 2. The van der Waals surface area contributed by atoms with E-state index in [1.165, 1.54) is 103 Å². The SMILES string of the molecule is CC/C=C\C/C=C\C/C=C\C/C=C\CCCCCCC(=O)OCC(COCCCCCCCC/C=C\CCCCCCCC)OC(=O)CCCCCCCCC. The normalized spacial score (nSPS) is 12.7. The van der Waals surface area contributed by atoms with Crippen molar-refractivity contribution in [3.05, 3.63) is 60.8 Å². The molecule has 0 heterocycles. The summed E-state index contributed by atoms with van der Waals surface area (Å²) in [5, 5.41) is 0. The van der Waals surface area contributed by atoms with Crippen LogP contribution in [0.2, 0.25) is 0 Å². The van der Waals surface area contributed by atoms with Crippen molar-refractivity contribution in [1.82, 2.24) is 0 Å². The monoisotopic (exact) mass is 783 g/mol. The molecule has 0 aromatic heterocycles. The first-order valence-corrected chi connectivity index (χ1v) is 23.8. The highest BCUT2D eigenvalue weighted by atomic mass is 16.6. The van der Waals surface area contributed by atoms with Gasteiger partial charge in [0.1, 0.15) is 6.61 Å². The molecule has 0 fully saturated rings. The second-order valence-corrected chi connectivity index (χ2v) is 15.6. The predicted octanol–water partition coefficient (Wildman–Crippen LogP) is 15.8. The lowest BCUT2D eigenvalue weighted by Gasteiger charge is -2.18. The van der Waals surface area contributed by atoms with Crippen LogP contribution in [0.4, 0.5) is 0 Å². The van der Waals surface area contributed by atoms with E-state index in [9.17, 15) is 9.59 Å². The number of hydrogen-bond acceptors (Lipinski definition) is 5. The summed E-state index contributed by atoms with van der Waals surface area (Å²) in [6.45, 7) is 7.64. The van der Waals surface area contributed by atoms with Gasteiger partial charge in [0.15, 0.2) is 6.10 Å². The standard InChI is InChI=1S/C51H90O5/c1-4-7-10-13-16-18-20-22-24-26-27-29-31-33-36-38-41-44-50(52)55-48-49(56-51(53)45-42-39-35-15-12-9-6-3)47-54-46-43-40-37-34-32-30-28-25-23-21-19-17-14-11-8-5-2/h7,10,16,18,22-25,27,29,49H,4-6,8-9,11-15,17,19-21,26,28,30-48H2,1-3H3/b10-7-,18-16-,24-22-,25-23-,29-27-. The van der Waals surface area contributed by atoms with Crippen molar-refractivity contribution in [2.24, 2.45) is 0 Å². The number of ether oxygens (including phenoxy) is 3. The summed E-state index contributed by atoms with van der Waals surface area (Å²) in [7, 11) is 0. The minimum absolute atomic E-state index is 0.0703. The second kappa shape index (κ2) is 47.0. The maximum Gasteiger partial charge on any atom is 0.306 e. The van der Waals surface area contributed by atoms with E-state index in [0.29, 0.717) is 19.4 Å². The Kier molecular flexibility index (Phi) is 45.0. The van der Waals surface area contributed by atoms with Crippen molar-refractivity contribution < 1.29 is 23.8 Å². The maximum absolute atomic E-state index is 12.6. The third-order valence-corrected chi connectivity index (χ3v) is 10.0. The van der Waals surface area contributed by atoms with Gasteiger partial charge in [-0.2, -0.15) is 0 Å². The largest absolute Gasteiger partial charge is 0.462 e. The Balaban J connectivity index is 4.19. The van der Waals surface area contributed by atoms with Gasteiger partial charge >= 0.3 is 11.9 Å². The molecule has 1 unspecified atom stereocenters. The fourth-order valence-corrected chi connectivity index (χ4v) is 6.49. The van der Waals surface area contributed by atoms with E-state index in [0.717, 1.165) is 89.9 Å². The van der Waals surface area contributed by atoms with E-state index in [4.69, 9.17) is 14.2 Å². The number of unbranched alkanes of at least 4 members (excludes halogenated alkanes) is 22.